The van der Waals surface area contributed by atoms with E-state index in [-0.39, 0.29) is 5.88 Å². The molecule has 0 heterocycles. The number of rotatable bonds is 3. The number of allylic oxidation sites excluding steroid dienone is 1. The van der Waals surface area contributed by atoms with Crippen LogP contribution in [0.4, 0.5) is 0 Å². The fourth-order valence-electron chi connectivity index (χ4n) is 2.00. The van der Waals surface area contributed by atoms with E-state index in [1.165, 1.54) is 19.3 Å². The van der Waals surface area contributed by atoms with E-state index in [2.05, 4.69) is 12.2 Å². The molecule has 0 spiro atoms. The summed E-state index contributed by atoms with van der Waals surface area (Å²) in [6, 6.07) is 0.420. The second-order valence-corrected chi connectivity index (χ2v) is 3.88. The van der Waals surface area contributed by atoms with Gasteiger partial charge in [-0.3, -0.25) is 0 Å². The topological polar surface area (TPSA) is 58.3 Å². The average molecular weight is 184 g/mol. The predicted octanol–water partition coefficient (Wildman–Crippen LogP) is 1.86. The largest absolute Gasteiger partial charge is 0.494 e. The molecule has 76 valence electrons. The molecule has 1 fully saturated rings. The maximum absolute atomic E-state index is 9.44. The Morgan fingerprint density at radius 3 is 2.77 bits per heavy atom. The van der Waals surface area contributed by atoms with E-state index in [0.717, 1.165) is 6.42 Å². The van der Waals surface area contributed by atoms with Crippen molar-refractivity contribution < 1.29 is 5.11 Å². The second-order valence-electron chi connectivity index (χ2n) is 3.88. The molecule has 1 rings (SSSR count). The van der Waals surface area contributed by atoms with E-state index in [0.29, 0.717) is 17.7 Å². The zero-order chi connectivity index (χ0) is 9.84. The zero-order valence-electron chi connectivity index (χ0n) is 8.51. The molecule has 13 heavy (non-hydrogen) atoms. The number of nitrogens with two attached hydrogens (primary N) is 1. The van der Waals surface area contributed by atoms with Crippen molar-refractivity contribution in [2.24, 2.45) is 11.7 Å². The second kappa shape index (κ2) is 4.40. The molecule has 0 amide bonds. The van der Waals surface area contributed by atoms with Gasteiger partial charge in [-0.2, -0.15) is 0 Å². The molecule has 0 unspecified atom stereocenters. The zero-order valence-corrected chi connectivity index (χ0v) is 8.51. The Hall–Kier alpha value is -0.860. The van der Waals surface area contributed by atoms with Gasteiger partial charge in [0.1, 0.15) is 0 Å². The van der Waals surface area contributed by atoms with Gasteiger partial charge in [0.2, 0.25) is 5.88 Å². The SMILES string of the molecule is CC[C@@H]1CCC[C@@H]1N/C(O)=C(/C)N. The minimum absolute atomic E-state index is 0.158. The molecule has 0 aromatic heterocycles. The van der Waals surface area contributed by atoms with Crippen molar-refractivity contribution >= 4 is 0 Å². The van der Waals surface area contributed by atoms with E-state index in [9.17, 15) is 5.11 Å². The molecule has 4 N–H and O–H groups in total. The van der Waals surface area contributed by atoms with E-state index in [1.54, 1.807) is 6.92 Å². The molecule has 0 aromatic rings. The standard InChI is InChI=1S/C10H20N2O/c1-3-8-5-4-6-9(8)12-10(13)7(2)11/h8-9,12-13H,3-6,11H2,1-2H3/b10-7+/t8-,9+/m1/s1. The Morgan fingerprint density at radius 2 is 2.23 bits per heavy atom. The summed E-state index contributed by atoms with van der Waals surface area (Å²) in [6.45, 7) is 3.90. The van der Waals surface area contributed by atoms with Gasteiger partial charge < -0.3 is 16.2 Å². The molecule has 0 aromatic carbocycles. The van der Waals surface area contributed by atoms with Crippen molar-refractivity contribution in [1.82, 2.24) is 5.32 Å². The van der Waals surface area contributed by atoms with Crippen LogP contribution in [0.25, 0.3) is 0 Å². The highest BCUT2D eigenvalue weighted by Crippen LogP contribution is 2.28. The molecule has 1 aliphatic carbocycles. The molecular formula is C10H20N2O. The van der Waals surface area contributed by atoms with Crippen molar-refractivity contribution in [1.29, 1.82) is 0 Å². The van der Waals surface area contributed by atoms with Crippen LogP contribution in [0.15, 0.2) is 11.6 Å². The van der Waals surface area contributed by atoms with Gasteiger partial charge in [-0.15, -0.1) is 0 Å². The Balaban J connectivity index is 2.49. The summed E-state index contributed by atoms with van der Waals surface area (Å²) in [5, 5.41) is 12.5. The molecule has 2 atom stereocenters. The van der Waals surface area contributed by atoms with Gasteiger partial charge in [0.15, 0.2) is 0 Å². The number of hydrogen-bond acceptors (Lipinski definition) is 3. The van der Waals surface area contributed by atoms with Crippen LogP contribution in [0, 0.1) is 5.92 Å². The van der Waals surface area contributed by atoms with Crippen LogP contribution >= 0.6 is 0 Å². The fraction of sp³-hybridized carbons (Fsp3) is 0.800. The Kier molecular flexibility index (Phi) is 3.46. The molecule has 0 aliphatic heterocycles. The Labute approximate surface area is 80.0 Å². The number of hydrogen-bond donors (Lipinski definition) is 3. The molecule has 0 saturated heterocycles. The Morgan fingerprint density at radius 1 is 1.54 bits per heavy atom. The van der Waals surface area contributed by atoms with E-state index in [4.69, 9.17) is 5.73 Å². The average Bonchev–Trinajstić information content (AvgIpc) is 2.51. The van der Waals surface area contributed by atoms with Crippen LogP contribution in [-0.2, 0) is 0 Å². The van der Waals surface area contributed by atoms with Crippen molar-refractivity contribution in [3.63, 3.8) is 0 Å². The van der Waals surface area contributed by atoms with Crippen LogP contribution in [0.3, 0.4) is 0 Å². The first kappa shape index (κ1) is 10.2. The van der Waals surface area contributed by atoms with Crippen molar-refractivity contribution in [2.45, 2.75) is 45.6 Å². The summed E-state index contributed by atoms with van der Waals surface area (Å²) >= 11 is 0. The lowest BCUT2D eigenvalue weighted by molar-refractivity contribution is 0.303. The summed E-state index contributed by atoms with van der Waals surface area (Å²) in [5.74, 6) is 0.854. The van der Waals surface area contributed by atoms with Gasteiger partial charge in [-0.05, 0) is 25.7 Å². The Bertz CT molecular complexity index is 197. The van der Waals surface area contributed by atoms with Gasteiger partial charge >= 0.3 is 0 Å². The van der Waals surface area contributed by atoms with Crippen molar-refractivity contribution in [3.05, 3.63) is 11.6 Å². The summed E-state index contributed by atoms with van der Waals surface area (Å²) in [4.78, 5) is 0. The number of aliphatic hydroxyl groups excluding tert-OH is 1. The lowest BCUT2D eigenvalue weighted by atomic mass is 10.0. The van der Waals surface area contributed by atoms with E-state index in [1.807, 2.05) is 0 Å². The fourth-order valence-corrected chi connectivity index (χ4v) is 2.00. The van der Waals surface area contributed by atoms with Crippen LogP contribution in [0.2, 0.25) is 0 Å². The molecule has 3 nitrogen and oxygen atoms in total. The first-order chi connectivity index (χ1) is 6.15. The normalized spacial score (nSPS) is 30.0. The molecule has 0 bridgehead atoms. The molecule has 1 saturated carbocycles. The molecule has 3 heteroatoms. The van der Waals surface area contributed by atoms with Crippen LogP contribution in [-0.4, -0.2) is 11.1 Å². The van der Waals surface area contributed by atoms with Crippen LogP contribution < -0.4 is 11.1 Å². The monoisotopic (exact) mass is 184 g/mol. The third-order valence-corrected chi connectivity index (χ3v) is 2.88. The van der Waals surface area contributed by atoms with E-state index < -0.39 is 0 Å². The summed E-state index contributed by atoms with van der Waals surface area (Å²) < 4.78 is 0. The summed E-state index contributed by atoms with van der Waals surface area (Å²) in [5.41, 5.74) is 5.94. The molecule has 1 aliphatic rings. The van der Waals surface area contributed by atoms with Gasteiger partial charge in [0.25, 0.3) is 0 Å². The third kappa shape index (κ3) is 2.54. The maximum Gasteiger partial charge on any atom is 0.203 e. The molecule has 0 radical (unpaired) electrons. The first-order valence-electron chi connectivity index (χ1n) is 5.07. The molecular weight excluding hydrogens is 164 g/mol. The third-order valence-electron chi connectivity index (χ3n) is 2.88. The van der Waals surface area contributed by atoms with Gasteiger partial charge in [0.05, 0.1) is 5.70 Å². The van der Waals surface area contributed by atoms with Gasteiger partial charge in [-0.1, -0.05) is 19.8 Å². The van der Waals surface area contributed by atoms with Crippen LogP contribution in [0.5, 0.6) is 0 Å². The van der Waals surface area contributed by atoms with Crippen LogP contribution in [0.1, 0.15) is 39.5 Å². The van der Waals surface area contributed by atoms with Gasteiger partial charge in [-0.25, -0.2) is 0 Å². The first-order valence-corrected chi connectivity index (χ1v) is 5.07. The predicted molar refractivity (Wildman–Crippen MR) is 54.1 cm³/mol. The quantitative estimate of drug-likeness (QED) is 0.587. The maximum atomic E-state index is 9.44. The highest BCUT2D eigenvalue weighted by atomic mass is 16.3. The minimum Gasteiger partial charge on any atom is -0.494 e. The van der Waals surface area contributed by atoms with Gasteiger partial charge in [0, 0.05) is 6.04 Å². The summed E-state index contributed by atoms with van der Waals surface area (Å²) in [6.07, 6.45) is 4.85. The highest BCUT2D eigenvalue weighted by Gasteiger charge is 2.26. The summed E-state index contributed by atoms with van der Waals surface area (Å²) in [7, 11) is 0. The van der Waals surface area contributed by atoms with Crippen molar-refractivity contribution in [2.75, 3.05) is 0 Å². The number of aliphatic hydroxyl groups is 1. The minimum atomic E-state index is 0.158. The van der Waals surface area contributed by atoms with Crippen molar-refractivity contribution in [3.8, 4) is 0 Å². The van der Waals surface area contributed by atoms with E-state index >= 15 is 0 Å². The number of nitrogens with one attached hydrogen (secondary N) is 1. The smallest absolute Gasteiger partial charge is 0.203 e. The lowest BCUT2D eigenvalue weighted by Gasteiger charge is -2.20. The lowest BCUT2D eigenvalue weighted by Crippen LogP contribution is -2.32. The highest BCUT2D eigenvalue weighted by molar-refractivity contribution is 5.00.